The minimum atomic E-state index is -0.0539. The molecule has 26 heavy (non-hydrogen) atoms. The molecule has 0 radical (unpaired) electrons. The standard InChI is InChI=1S/C19H24N6O/c1-14-10-17(4-5-20-14)24-7-3-6-23(8-9-24)13-16-12-19(26)25-18(21-16)11-15(2)22-25/h4-5,10-12,22H,3,6-9,13H2,1-2H3. The van der Waals surface area contributed by atoms with Gasteiger partial charge >= 0.3 is 0 Å². The Kier molecular flexibility index (Phi) is 4.46. The van der Waals surface area contributed by atoms with Crippen molar-refractivity contribution in [2.75, 3.05) is 31.1 Å². The molecule has 0 saturated carbocycles. The molecule has 0 atom stereocenters. The number of fused-ring (bicyclic) bond motifs is 1. The third kappa shape index (κ3) is 3.48. The van der Waals surface area contributed by atoms with Crippen LogP contribution in [-0.2, 0) is 6.54 Å². The first-order valence-electron chi connectivity index (χ1n) is 9.07. The number of pyridine rings is 1. The first kappa shape index (κ1) is 16.8. The molecular formula is C19H24N6O. The summed E-state index contributed by atoms with van der Waals surface area (Å²) in [6.45, 7) is 8.62. The van der Waals surface area contributed by atoms with Gasteiger partial charge in [0.25, 0.3) is 5.56 Å². The number of anilines is 1. The highest BCUT2D eigenvalue weighted by Gasteiger charge is 2.17. The maximum Gasteiger partial charge on any atom is 0.272 e. The first-order chi connectivity index (χ1) is 12.6. The van der Waals surface area contributed by atoms with Crippen molar-refractivity contribution in [3.8, 4) is 0 Å². The van der Waals surface area contributed by atoms with E-state index in [2.05, 4.69) is 37.0 Å². The predicted octanol–water partition coefficient (Wildman–Crippen LogP) is 1.75. The summed E-state index contributed by atoms with van der Waals surface area (Å²) in [4.78, 5) is 26.0. The zero-order valence-electron chi connectivity index (χ0n) is 15.3. The van der Waals surface area contributed by atoms with Crippen LogP contribution >= 0.6 is 0 Å². The molecule has 0 aromatic carbocycles. The SMILES string of the molecule is Cc1cc(N2CCCN(Cc3cc(=O)n4[nH]c(C)cc4n3)CC2)ccn1. The molecule has 0 spiro atoms. The molecule has 0 unspecified atom stereocenters. The summed E-state index contributed by atoms with van der Waals surface area (Å²) in [6.07, 6.45) is 2.96. The lowest BCUT2D eigenvalue weighted by atomic mass is 10.3. The number of aryl methyl sites for hydroxylation is 2. The van der Waals surface area contributed by atoms with E-state index in [0.717, 1.165) is 49.7 Å². The zero-order chi connectivity index (χ0) is 18.1. The number of nitrogens with one attached hydrogen (secondary N) is 1. The number of H-pyrrole nitrogens is 1. The molecule has 3 aromatic heterocycles. The molecule has 1 saturated heterocycles. The van der Waals surface area contributed by atoms with Gasteiger partial charge in [0, 0.05) is 68.1 Å². The molecule has 0 bridgehead atoms. The maximum absolute atomic E-state index is 12.3. The average Bonchev–Trinajstić information content (AvgIpc) is 2.83. The normalized spacial score (nSPS) is 16.2. The number of hydrogen-bond donors (Lipinski definition) is 1. The highest BCUT2D eigenvalue weighted by molar-refractivity contribution is 5.46. The van der Waals surface area contributed by atoms with Gasteiger partial charge in [0.15, 0.2) is 5.65 Å². The van der Waals surface area contributed by atoms with Crippen LogP contribution in [0.5, 0.6) is 0 Å². The fourth-order valence-electron chi connectivity index (χ4n) is 3.59. The van der Waals surface area contributed by atoms with E-state index >= 15 is 0 Å². The topological polar surface area (TPSA) is 69.5 Å². The van der Waals surface area contributed by atoms with Gasteiger partial charge < -0.3 is 4.90 Å². The maximum atomic E-state index is 12.3. The van der Waals surface area contributed by atoms with Gasteiger partial charge in [-0.2, -0.15) is 0 Å². The highest BCUT2D eigenvalue weighted by atomic mass is 16.1. The fourth-order valence-corrected chi connectivity index (χ4v) is 3.59. The molecule has 3 aromatic rings. The van der Waals surface area contributed by atoms with E-state index in [1.807, 2.05) is 26.1 Å². The van der Waals surface area contributed by atoms with Crippen LogP contribution in [0.2, 0.25) is 0 Å². The summed E-state index contributed by atoms with van der Waals surface area (Å²) in [5.74, 6) is 0. The van der Waals surface area contributed by atoms with Crippen molar-refractivity contribution in [1.82, 2.24) is 24.5 Å². The Hall–Kier alpha value is -2.67. The van der Waals surface area contributed by atoms with Crippen LogP contribution in [0.15, 0.2) is 35.3 Å². The Morgan fingerprint density at radius 1 is 1.12 bits per heavy atom. The second kappa shape index (κ2) is 6.92. The summed E-state index contributed by atoms with van der Waals surface area (Å²) >= 11 is 0. The second-order valence-corrected chi connectivity index (χ2v) is 6.99. The summed E-state index contributed by atoms with van der Waals surface area (Å²) < 4.78 is 1.49. The Morgan fingerprint density at radius 2 is 2.00 bits per heavy atom. The van der Waals surface area contributed by atoms with Gasteiger partial charge in [-0.1, -0.05) is 0 Å². The number of rotatable bonds is 3. The van der Waals surface area contributed by atoms with E-state index in [0.29, 0.717) is 12.2 Å². The number of aromatic amines is 1. The smallest absolute Gasteiger partial charge is 0.272 e. The lowest BCUT2D eigenvalue weighted by molar-refractivity contribution is 0.282. The molecule has 1 aliphatic rings. The van der Waals surface area contributed by atoms with Gasteiger partial charge in [-0.15, -0.1) is 0 Å². The molecule has 4 heterocycles. The monoisotopic (exact) mass is 352 g/mol. The summed E-state index contributed by atoms with van der Waals surface area (Å²) in [5.41, 5.74) is 4.69. The lowest BCUT2D eigenvalue weighted by Gasteiger charge is -2.23. The number of aromatic nitrogens is 4. The molecule has 0 aliphatic carbocycles. The Morgan fingerprint density at radius 3 is 2.85 bits per heavy atom. The summed E-state index contributed by atoms with van der Waals surface area (Å²) in [6, 6.07) is 7.76. The van der Waals surface area contributed by atoms with Crippen molar-refractivity contribution in [2.45, 2.75) is 26.8 Å². The molecule has 7 nitrogen and oxygen atoms in total. The van der Waals surface area contributed by atoms with Crippen LogP contribution in [0.1, 0.15) is 23.5 Å². The quantitative estimate of drug-likeness (QED) is 0.778. The van der Waals surface area contributed by atoms with E-state index in [-0.39, 0.29) is 5.56 Å². The molecule has 1 fully saturated rings. The lowest BCUT2D eigenvalue weighted by Crippen LogP contribution is -2.31. The van der Waals surface area contributed by atoms with Gasteiger partial charge in [0.05, 0.1) is 5.69 Å². The molecule has 136 valence electrons. The van der Waals surface area contributed by atoms with Crippen LogP contribution in [-0.4, -0.2) is 50.7 Å². The van der Waals surface area contributed by atoms with E-state index in [1.54, 1.807) is 6.07 Å². The van der Waals surface area contributed by atoms with E-state index in [1.165, 1.54) is 10.2 Å². The van der Waals surface area contributed by atoms with E-state index in [9.17, 15) is 4.79 Å². The van der Waals surface area contributed by atoms with Crippen molar-refractivity contribution in [3.05, 3.63) is 57.9 Å². The molecule has 4 rings (SSSR count). The molecule has 1 aliphatic heterocycles. The number of hydrogen-bond acceptors (Lipinski definition) is 5. The minimum absolute atomic E-state index is 0.0539. The van der Waals surface area contributed by atoms with E-state index in [4.69, 9.17) is 0 Å². The second-order valence-electron chi connectivity index (χ2n) is 6.99. The molecule has 0 amide bonds. The Balaban J connectivity index is 1.47. The van der Waals surface area contributed by atoms with Crippen LogP contribution in [0, 0.1) is 13.8 Å². The fraction of sp³-hybridized carbons (Fsp3) is 0.421. The predicted molar refractivity (Wildman–Crippen MR) is 102 cm³/mol. The van der Waals surface area contributed by atoms with Crippen molar-refractivity contribution < 1.29 is 0 Å². The molecular weight excluding hydrogens is 328 g/mol. The largest absolute Gasteiger partial charge is 0.370 e. The average molecular weight is 352 g/mol. The third-order valence-corrected chi connectivity index (χ3v) is 4.85. The van der Waals surface area contributed by atoms with Gasteiger partial charge in [-0.05, 0) is 32.4 Å². The Labute approximate surface area is 152 Å². The zero-order valence-corrected chi connectivity index (χ0v) is 15.3. The van der Waals surface area contributed by atoms with Crippen molar-refractivity contribution >= 4 is 11.3 Å². The van der Waals surface area contributed by atoms with Crippen molar-refractivity contribution in [1.29, 1.82) is 0 Å². The minimum Gasteiger partial charge on any atom is -0.370 e. The van der Waals surface area contributed by atoms with Crippen molar-refractivity contribution in [2.24, 2.45) is 0 Å². The summed E-state index contributed by atoms with van der Waals surface area (Å²) in [5, 5.41) is 3.01. The number of nitrogens with zero attached hydrogens (tertiary/aromatic N) is 5. The van der Waals surface area contributed by atoms with Gasteiger partial charge in [0.2, 0.25) is 0 Å². The third-order valence-electron chi connectivity index (χ3n) is 4.85. The Bertz CT molecular complexity index is 976. The molecule has 7 heteroatoms. The van der Waals surface area contributed by atoms with Crippen molar-refractivity contribution in [3.63, 3.8) is 0 Å². The summed E-state index contributed by atoms with van der Waals surface area (Å²) in [7, 11) is 0. The van der Waals surface area contributed by atoms with E-state index < -0.39 is 0 Å². The van der Waals surface area contributed by atoms with Gasteiger partial charge in [-0.25, -0.2) is 9.50 Å². The van der Waals surface area contributed by atoms with Crippen LogP contribution in [0.4, 0.5) is 5.69 Å². The van der Waals surface area contributed by atoms with Crippen LogP contribution < -0.4 is 10.5 Å². The van der Waals surface area contributed by atoms with Gasteiger partial charge in [-0.3, -0.25) is 19.8 Å². The van der Waals surface area contributed by atoms with Gasteiger partial charge in [0.1, 0.15) is 0 Å². The van der Waals surface area contributed by atoms with Crippen LogP contribution in [0.25, 0.3) is 5.65 Å². The molecule has 1 N–H and O–H groups in total. The highest BCUT2D eigenvalue weighted by Crippen LogP contribution is 2.17. The van der Waals surface area contributed by atoms with Crippen LogP contribution in [0.3, 0.4) is 0 Å². The first-order valence-corrected chi connectivity index (χ1v) is 9.07.